The fourth-order valence-corrected chi connectivity index (χ4v) is 5.65. The molecule has 1 fully saturated rings. The molecule has 2 N–H and O–H groups in total. The molecule has 0 saturated carbocycles. The summed E-state index contributed by atoms with van der Waals surface area (Å²) >= 11 is 6.39. The van der Waals surface area contributed by atoms with Crippen molar-refractivity contribution in [2.45, 2.75) is 36.2 Å². The van der Waals surface area contributed by atoms with Crippen LogP contribution in [0, 0.1) is 5.82 Å². The fraction of sp³-hybridized carbons (Fsp3) is 0.261. The standard InChI is InChI=1S/C23H20ClFN4O4S/c1-34(32,33)15-5-2-12(3-6-15)16-10-18(25)19(11-17(16)24)26-23(31)29-14-4-7-20(29)22-13(8-14)9-21(30)27-28-22/h2-3,5-6,9-11,14,20H,4,7-8H2,1H3,(H,26,31)(H,27,30)/t14-,20+/m0/s1. The average molecular weight is 503 g/mol. The highest BCUT2D eigenvalue weighted by atomic mass is 35.5. The number of nitrogens with zero attached hydrogens (tertiary/aromatic N) is 2. The Morgan fingerprint density at radius 1 is 1.21 bits per heavy atom. The van der Waals surface area contributed by atoms with E-state index in [1.807, 2.05) is 0 Å². The summed E-state index contributed by atoms with van der Waals surface area (Å²) in [6.07, 6.45) is 3.08. The van der Waals surface area contributed by atoms with Crippen molar-refractivity contribution in [2.75, 3.05) is 11.6 Å². The number of urea groups is 1. The van der Waals surface area contributed by atoms with Gasteiger partial charge in [-0.1, -0.05) is 23.7 Å². The molecular formula is C23H20ClFN4O4S. The third-order valence-electron chi connectivity index (χ3n) is 6.32. The topological polar surface area (TPSA) is 112 Å². The smallest absolute Gasteiger partial charge is 0.313 e. The van der Waals surface area contributed by atoms with E-state index in [4.69, 9.17) is 11.6 Å². The number of rotatable bonds is 3. The lowest BCUT2D eigenvalue weighted by molar-refractivity contribution is 0.177. The summed E-state index contributed by atoms with van der Waals surface area (Å²) in [6.45, 7) is 0. The van der Waals surface area contributed by atoms with E-state index >= 15 is 0 Å². The van der Waals surface area contributed by atoms with Crippen LogP contribution in [-0.4, -0.2) is 41.8 Å². The van der Waals surface area contributed by atoms with Crippen LogP contribution in [0.15, 0.2) is 52.2 Å². The maximum absolute atomic E-state index is 15.0. The van der Waals surface area contributed by atoms with Crippen molar-refractivity contribution in [1.29, 1.82) is 0 Å². The van der Waals surface area contributed by atoms with Crippen LogP contribution in [0.4, 0.5) is 14.9 Å². The van der Waals surface area contributed by atoms with Gasteiger partial charge in [-0.3, -0.25) is 4.79 Å². The minimum absolute atomic E-state index is 0.0638. The van der Waals surface area contributed by atoms with Crippen LogP contribution in [0.25, 0.3) is 11.1 Å². The Morgan fingerprint density at radius 2 is 1.94 bits per heavy atom. The molecular weight excluding hydrogens is 483 g/mol. The summed E-state index contributed by atoms with van der Waals surface area (Å²) in [5.74, 6) is -0.674. The second kappa shape index (κ2) is 8.21. The first-order valence-electron chi connectivity index (χ1n) is 10.6. The number of carbonyl (C=O) groups is 1. The normalized spacial score (nSPS) is 19.1. The van der Waals surface area contributed by atoms with Gasteiger partial charge in [0.1, 0.15) is 5.82 Å². The van der Waals surface area contributed by atoms with E-state index in [2.05, 4.69) is 15.5 Å². The van der Waals surface area contributed by atoms with Crippen LogP contribution in [0.3, 0.4) is 0 Å². The van der Waals surface area contributed by atoms with Crippen molar-refractivity contribution >= 4 is 33.2 Å². The summed E-state index contributed by atoms with van der Waals surface area (Å²) in [4.78, 5) is 26.5. The number of hydrogen-bond donors (Lipinski definition) is 2. The Labute approximate surface area is 199 Å². The van der Waals surface area contributed by atoms with Crippen LogP contribution >= 0.6 is 11.6 Å². The predicted octanol–water partition coefficient (Wildman–Crippen LogP) is 3.93. The average Bonchev–Trinajstić information content (AvgIpc) is 3.10. The number of amides is 2. The highest BCUT2D eigenvalue weighted by molar-refractivity contribution is 7.90. The summed E-state index contributed by atoms with van der Waals surface area (Å²) < 4.78 is 38.3. The van der Waals surface area contributed by atoms with Gasteiger partial charge in [-0.05, 0) is 54.7 Å². The number of hydrogen-bond acceptors (Lipinski definition) is 5. The molecule has 2 amide bonds. The molecule has 2 aliphatic rings. The molecule has 5 rings (SSSR count). The van der Waals surface area contributed by atoms with E-state index in [0.717, 1.165) is 18.2 Å². The Kier molecular flexibility index (Phi) is 5.44. The van der Waals surface area contributed by atoms with Crippen molar-refractivity contribution in [3.8, 4) is 11.1 Å². The fourth-order valence-electron chi connectivity index (χ4n) is 4.74. The molecule has 3 aromatic rings. The number of aromatic nitrogens is 2. The lowest BCUT2D eigenvalue weighted by atomic mass is 9.99. The highest BCUT2D eigenvalue weighted by Crippen LogP contribution is 2.42. The van der Waals surface area contributed by atoms with Crippen molar-refractivity contribution in [2.24, 2.45) is 0 Å². The van der Waals surface area contributed by atoms with E-state index in [1.54, 1.807) is 17.0 Å². The van der Waals surface area contributed by atoms with E-state index in [1.165, 1.54) is 30.3 Å². The van der Waals surface area contributed by atoms with E-state index < -0.39 is 21.7 Å². The highest BCUT2D eigenvalue weighted by Gasteiger charge is 2.44. The number of aromatic amines is 1. The lowest BCUT2D eigenvalue weighted by Crippen LogP contribution is -2.45. The third kappa shape index (κ3) is 3.97. The van der Waals surface area contributed by atoms with Gasteiger partial charge >= 0.3 is 6.03 Å². The molecule has 34 heavy (non-hydrogen) atoms. The van der Waals surface area contributed by atoms with Crippen LogP contribution < -0.4 is 10.9 Å². The van der Waals surface area contributed by atoms with Gasteiger partial charge in [-0.25, -0.2) is 22.7 Å². The van der Waals surface area contributed by atoms with Gasteiger partial charge in [0.15, 0.2) is 9.84 Å². The van der Waals surface area contributed by atoms with Gasteiger partial charge in [-0.15, -0.1) is 0 Å². The van der Waals surface area contributed by atoms with Crippen LogP contribution in [-0.2, 0) is 16.3 Å². The Balaban J connectivity index is 1.39. The summed E-state index contributed by atoms with van der Waals surface area (Å²) in [6, 6.07) is 9.16. The van der Waals surface area contributed by atoms with Crippen molar-refractivity contribution in [3.63, 3.8) is 0 Å². The van der Waals surface area contributed by atoms with Crippen molar-refractivity contribution in [1.82, 2.24) is 15.1 Å². The molecule has 0 aliphatic carbocycles. The third-order valence-corrected chi connectivity index (χ3v) is 7.76. The minimum atomic E-state index is -3.36. The first-order valence-corrected chi connectivity index (χ1v) is 12.9. The van der Waals surface area contributed by atoms with Gasteiger partial charge in [0.05, 0.1) is 27.3 Å². The van der Waals surface area contributed by atoms with E-state index in [-0.39, 0.29) is 33.2 Å². The molecule has 3 heterocycles. The largest absolute Gasteiger partial charge is 0.322 e. The Hall–Kier alpha value is -3.24. The quantitative estimate of drug-likeness (QED) is 0.563. The monoisotopic (exact) mass is 502 g/mol. The number of fused-ring (bicyclic) bond motifs is 4. The second-order valence-corrected chi connectivity index (χ2v) is 11.0. The van der Waals surface area contributed by atoms with Gasteiger partial charge in [0.2, 0.25) is 0 Å². The maximum Gasteiger partial charge on any atom is 0.322 e. The lowest BCUT2D eigenvalue weighted by Gasteiger charge is -2.35. The first-order chi connectivity index (χ1) is 16.1. The minimum Gasteiger partial charge on any atom is -0.313 e. The molecule has 0 spiro atoms. The SMILES string of the molecule is CS(=O)(=O)c1ccc(-c2cc(F)c(NC(=O)N3[C@H]4CC[C@@H]3c3n[nH]c(=O)cc3C4)cc2Cl)cc1. The molecule has 2 bridgehead atoms. The number of benzene rings is 2. The molecule has 0 radical (unpaired) electrons. The van der Waals surface area contributed by atoms with Gasteiger partial charge in [0, 0.05) is 23.9 Å². The Morgan fingerprint density at radius 3 is 2.65 bits per heavy atom. The maximum atomic E-state index is 15.0. The van der Waals surface area contributed by atoms with E-state index in [0.29, 0.717) is 29.7 Å². The molecule has 176 valence electrons. The molecule has 11 heteroatoms. The molecule has 1 saturated heterocycles. The van der Waals surface area contributed by atoms with Gasteiger partial charge in [0.25, 0.3) is 5.56 Å². The number of H-pyrrole nitrogens is 1. The summed E-state index contributed by atoms with van der Waals surface area (Å²) in [5.41, 5.74) is 2.07. The number of anilines is 1. The molecule has 1 aromatic heterocycles. The number of halogens is 2. The number of nitrogens with one attached hydrogen (secondary N) is 2. The summed E-state index contributed by atoms with van der Waals surface area (Å²) in [5, 5.41) is 9.39. The van der Waals surface area contributed by atoms with Crippen molar-refractivity contribution in [3.05, 3.63) is 74.9 Å². The predicted molar refractivity (Wildman–Crippen MR) is 125 cm³/mol. The number of carbonyl (C=O) groups excluding carboxylic acids is 1. The number of sulfone groups is 1. The zero-order valence-electron chi connectivity index (χ0n) is 18.0. The molecule has 0 unspecified atom stereocenters. The van der Waals surface area contributed by atoms with Gasteiger partial charge < -0.3 is 10.2 Å². The molecule has 2 aliphatic heterocycles. The second-order valence-electron chi connectivity index (χ2n) is 8.54. The van der Waals surface area contributed by atoms with Crippen LogP contribution in [0.2, 0.25) is 5.02 Å². The van der Waals surface area contributed by atoms with E-state index in [9.17, 15) is 22.4 Å². The summed E-state index contributed by atoms with van der Waals surface area (Å²) in [7, 11) is -3.36. The zero-order chi connectivity index (χ0) is 24.2. The zero-order valence-corrected chi connectivity index (χ0v) is 19.6. The first kappa shape index (κ1) is 22.5. The van der Waals surface area contributed by atoms with Crippen molar-refractivity contribution < 1.29 is 17.6 Å². The van der Waals surface area contributed by atoms with Gasteiger partial charge in [-0.2, -0.15) is 5.10 Å². The Bertz CT molecular complexity index is 1470. The van der Waals surface area contributed by atoms with Crippen LogP contribution in [0.5, 0.6) is 0 Å². The molecule has 8 nitrogen and oxygen atoms in total. The molecule has 2 aromatic carbocycles. The molecule has 2 atom stereocenters. The van der Waals surface area contributed by atoms with Crippen LogP contribution in [0.1, 0.15) is 30.1 Å².